The van der Waals surface area contributed by atoms with Crippen LogP contribution in [0.3, 0.4) is 0 Å². The smallest absolute Gasteiger partial charge is 0.0924 e. The quantitative estimate of drug-likeness (QED) is 0.701. The van der Waals surface area contributed by atoms with E-state index in [1.807, 2.05) is 12.5 Å². The summed E-state index contributed by atoms with van der Waals surface area (Å²) < 4.78 is 0. The molecule has 3 heteroatoms. The highest BCUT2D eigenvalue weighted by Crippen LogP contribution is 2.67. The molecule has 2 saturated carbocycles. The summed E-state index contributed by atoms with van der Waals surface area (Å²) in [6, 6.07) is 0. The molecule has 0 amide bonds. The lowest BCUT2D eigenvalue weighted by atomic mass is 9.45. The molecule has 0 aliphatic heterocycles. The average molecular weight is 353 g/mol. The molecule has 4 aliphatic carbocycles. The van der Waals surface area contributed by atoms with E-state index in [0.29, 0.717) is 11.3 Å². The molecule has 0 saturated heterocycles. The summed E-state index contributed by atoms with van der Waals surface area (Å²) in [5.41, 5.74) is 4.88. The largest absolute Gasteiger partial charge is 0.393 e. The maximum Gasteiger partial charge on any atom is 0.0924 e. The van der Waals surface area contributed by atoms with E-state index in [0.717, 1.165) is 37.0 Å². The van der Waals surface area contributed by atoms with Crippen molar-refractivity contribution in [3.8, 4) is 0 Å². The third-order valence-electron chi connectivity index (χ3n) is 8.78. The number of rotatable bonds is 1. The number of aliphatic hydroxyl groups excluding tert-OH is 1. The molecule has 4 aliphatic rings. The number of H-pyrrole nitrogens is 1. The van der Waals surface area contributed by atoms with E-state index in [1.54, 1.807) is 5.57 Å². The molecule has 1 heterocycles. The van der Waals surface area contributed by atoms with Gasteiger partial charge in [-0.1, -0.05) is 38.5 Å². The van der Waals surface area contributed by atoms with Crippen LogP contribution in [0.1, 0.15) is 65.0 Å². The molecule has 1 aromatic heterocycles. The lowest BCUT2D eigenvalue weighted by Gasteiger charge is -2.59. The van der Waals surface area contributed by atoms with Gasteiger partial charge in [-0.2, -0.15) is 0 Å². The standard InChI is InChI=1S/C23H32N2O/c1-14-10-15-11-16(26)6-8-22(15,2)19-7-9-23(3)17(20-12-24-13-25-20)4-5-18(23)21(14)19/h4,10,12-14,16,18-19,21,26H,5-9,11H2,1-3H3,(H,24,25)/t14?,16-,18-,19-,21-,22-,23+/m0/s1. The third kappa shape index (κ3) is 2.13. The van der Waals surface area contributed by atoms with Crippen LogP contribution in [-0.4, -0.2) is 21.2 Å². The number of aliphatic hydroxyl groups is 1. The van der Waals surface area contributed by atoms with Crippen LogP contribution in [0.2, 0.25) is 0 Å². The van der Waals surface area contributed by atoms with Gasteiger partial charge in [0.2, 0.25) is 0 Å². The molecular weight excluding hydrogens is 320 g/mol. The van der Waals surface area contributed by atoms with Crippen LogP contribution in [0.15, 0.2) is 30.2 Å². The van der Waals surface area contributed by atoms with Gasteiger partial charge in [0.15, 0.2) is 0 Å². The number of aromatic amines is 1. The summed E-state index contributed by atoms with van der Waals surface area (Å²) in [4.78, 5) is 7.63. The first-order valence-electron chi connectivity index (χ1n) is 10.5. The lowest BCUT2D eigenvalue weighted by Crippen LogP contribution is -2.52. The number of nitrogens with one attached hydrogen (secondary N) is 1. The van der Waals surface area contributed by atoms with Crippen LogP contribution < -0.4 is 0 Å². The molecule has 0 radical (unpaired) electrons. The molecule has 0 aromatic carbocycles. The molecule has 0 bridgehead atoms. The zero-order valence-electron chi connectivity index (χ0n) is 16.3. The van der Waals surface area contributed by atoms with Gasteiger partial charge in [-0.3, -0.25) is 0 Å². The van der Waals surface area contributed by atoms with Gasteiger partial charge in [-0.15, -0.1) is 0 Å². The van der Waals surface area contributed by atoms with E-state index in [-0.39, 0.29) is 11.5 Å². The van der Waals surface area contributed by atoms with Crippen molar-refractivity contribution in [1.82, 2.24) is 9.97 Å². The Morgan fingerprint density at radius 3 is 2.73 bits per heavy atom. The summed E-state index contributed by atoms with van der Waals surface area (Å²) in [7, 11) is 0. The normalized spacial score (nSPS) is 47.5. The second kappa shape index (κ2) is 5.58. The van der Waals surface area contributed by atoms with E-state index < -0.39 is 0 Å². The van der Waals surface area contributed by atoms with Gasteiger partial charge in [-0.05, 0) is 78.6 Å². The van der Waals surface area contributed by atoms with Gasteiger partial charge in [-0.25, -0.2) is 4.98 Å². The fraction of sp³-hybridized carbons (Fsp3) is 0.696. The Morgan fingerprint density at radius 1 is 1.15 bits per heavy atom. The summed E-state index contributed by atoms with van der Waals surface area (Å²) in [6.45, 7) is 7.45. The van der Waals surface area contributed by atoms with Crippen molar-refractivity contribution in [2.75, 3.05) is 0 Å². The second-order valence-corrected chi connectivity index (χ2v) is 9.93. The first-order valence-corrected chi connectivity index (χ1v) is 10.5. The molecule has 26 heavy (non-hydrogen) atoms. The van der Waals surface area contributed by atoms with Gasteiger partial charge in [0.25, 0.3) is 0 Å². The zero-order chi connectivity index (χ0) is 18.1. The Hall–Kier alpha value is -1.35. The predicted molar refractivity (Wildman–Crippen MR) is 104 cm³/mol. The van der Waals surface area contributed by atoms with E-state index in [1.165, 1.54) is 30.5 Å². The van der Waals surface area contributed by atoms with Crippen LogP contribution in [0.25, 0.3) is 5.57 Å². The Balaban J connectivity index is 1.52. The minimum absolute atomic E-state index is 0.118. The molecule has 7 atom stereocenters. The van der Waals surface area contributed by atoms with Crippen molar-refractivity contribution in [2.45, 2.75) is 65.4 Å². The molecule has 3 nitrogen and oxygen atoms in total. The zero-order valence-corrected chi connectivity index (χ0v) is 16.3. The lowest BCUT2D eigenvalue weighted by molar-refractivity contribution is -0.0426. The van der Waals surface area contributed by atoms with Crippen molar-refractivity contribution in [3.63, 3.8) is 0 Å². The van der Waals surface area contributed by atoms with Gasteiger partial charge in [0.05, 0.1) is 24.3 Å². The molecule has 0 spiro atoms. The molecule has 5 rings (SSSR count). The summed E-state index contributed by atoms with van der Waals surface area (Å²) >= 11 is 0. The monoisotopic (exact) mass is 352 g/mol. The van der Waals surface area contributed by atoms with Crippen LogP contribution >= 0.6 is 0 Å². The van der Waals surface area contributed by atoms with Crippen molar-refractivity contribution < 1.29 is 5.11 Å². The fourth-order valence-corrected chi connectivity index (χ4v) is 7.39. The van der Waals surface area contributed by atoms with E-state index >= 15 is 0 Å². The third-order valence-corrected chi connectivity index (χ3v) is 8.78. The van der Waals surface area contributed by atoms with Crippen LogP contribution in [0.5, 0.6) is 0 Å². The maximum atomic E-state index is 10.2. The number of aromatic nitrogens is 2. The molecule has 1 aromatic rings. The molecular formula is C23H32N2O. The first-order chi connectivity index (χ1) is 12.4. The Bertz CT molecular complexity index is 763. The molecule has 1 unspecified atom stereocenters. The van der Waals surface area contributed by atoms with Crippen molar-refractivity contribution in [2.24, 2.45) is 34.5 Å². The maximum absolute atomic E-state index is 10.2. The highest BCUT2D eigenvalue weighted by molar-refractivity contribution is 5.70. The molecule has 2 fully saturated rings. The topological polar surface area (TPSA) is 48.9 Å². The highest BCUT2D eigenvalue weighted by Gasteiger charge is 2.58. The molecule has 2 N–H and O–H groups in total. The summed E-state index contributed by atoms with van der Waals surface area (Å²) in [5.74, 6) is 2.88. The van der Waals surface area contributed by atoms with Crippen molar-refractivity contribution in [3.05, 3.63) is 35.9 Å². The van der Waals surface area contributed by atoms with Gasteiger partial charge in [0.1, 0.15) is 0 Å². The van der Waals surface area contributed by atoms with E-state index in [2.05, 4.69) is 42.9 Å². The minimum atomic E-state index is -0.118. The first kappa shape index (κ1) is 16.8. The highest BCUT2D eigenvalue weighted by atomic mass is 16.3. The SMILES string of the molecule is CC1C=C2C[C@@H](O)CC[C@]2(C)[C@H]2CC[C@]3(C)C(c4cnc[nH]4)=CC[C@H]3[C@H]12. The van der Waals surface area contributed by atoms with Gasteiger partial charge < -0.3 is 10.1 Å². The Labute approximate surface area is 157 Å². The molecule has 140 valence electrons. The Kier molecular flexibility index (Phi) is 3.60. The number of imidazole rings is 1. The number of hydrogen-bond acceptors (Lipinski definition) is 2. The second-order valence-electron chi connectivity index (χ2n) is 9.93. The van der Waals surface area contributed by atoms with E-state index in [9.17, 15) is 5.11 Å². The summed E-state index contributed by atoms with van der Waals surface area (Å²) in [6.07, 6.45) is 15.6. The van der Waals surface area contributed by atoms with Crippen molar-refractivity contribution in [1.29, 1.82) is 0 Å². The average Bonchev–Trinajstić information content (AvgIpc) is 3.23. The minimum Gasteiger partial charge on any atom is -0.393 e. The van der Waals surface area contributed by atoms with E-state index in [4.69, 9.17) is 0 Å². The number of hydrogen-bond donors (Lipinski definition) is 2. The summed E-state index contributed by atoms with van der Waals surface area (Å²) in [5, 5.41) is 10.2. The van der Waals surface area contributed by atoms with Gasteiger partial charge in [0, 0.05) is 0 Å². The van der Waals surface area contributed by atoms with Gasteiger partial charge >= 0.3 is 0 Å². The van der Waals surface area contributed by atoms with Crippen LogP contribution in [-0.2, 0) is 0 Å². The van der Waals surface area contributed by atoms with Crippen LogP contribution in [0, 0.1) is 34.5 Å². The number of allylic oxidation sites excluding steroid dienone is 3. The number of nitrogens with zero attached hydrogens (tertiary/aromatic N) is 1. The van der Waals surface area contributed by atoms with Crippen molar-refractivity contribution >= 4 is 5.57 Å². The fourth-order valence-electron chi connectivity index (χ4n) is 7.39. The number of fused-ring (bicyclic) bond motifs is 5. The Morgan fingerprint density at radius 2 is 1.96 bits per heavy atom. The predicted octanol–water partition coefficient (Wildman–Crippen LogP) is 4.97. The van der Waals surface area contributed by atoms with Crippen LogP contribution in [0.4, 0.5) is 0 Å².